The normalized spacial score (nSPS) is 10.4. The van der Waals surface area contributed by atoms with Gasteiger partial charge in [0.25, 0.3) is 0 Å². The summed E-state index contributed by atoms with van der Waals surface area (Å²) in [5.74, 6) is -3.15. The summed E-state index contributed by atoms with van der Waals surface area (Å²) in [4.78, 5) is 11.7. The molecule has 1 N–H and O–H groups in total. The Balaban J connectivity index is 2.09. The second kappa shape index (κ2) is 6.09. The van der Waals surface area contributed by atoms with Crippen LogP contribution >= 0.6 is 15.9 Å². The molecule has 0 bridgehead atoms. The zero-order chi connectivity index (χ0) is 14.7. The van der Waals surface area contributed by atoms with Crippen LogP contribution in [0.3, 0.4) is 0 Å². The molecule has 0 aliphatic rings. The fourth-order valence-corrected chi connectivity index (χ4v) is 1.88. The molecule has 104 valence electrons. The first kappa shape index (κ1) is 14.6. The molecule has 0 radical (unpaired) electrons. The summed E-state index contributed by atoms with van der Waals surface area (Å²) in [7, 11) is 0. The highest BCUT2D eigenvalue weighted by molar-refractivity contribution is 9.10. The maximum absolute atomic E-state index is 13.4. The Bertz CT molecular complexity index is 661. The first-order chi connectivity index (χ1) is 9.47. The van der Waals surface area contributed by atoms with Crippen LogP contribution in [0.4, 0.5) is 18.9 Å². The van der Waals surface area contributed by atoms with Gasteiger partial charge in [0.2, 0.25) is 5.91 Å². The highest BCUT2D eigenvalue weighted by atomic mass is 79.9. The lowest BCUT2D eigenvalue weighted by Gasteiger charge is -2.07. The summed E-state index contributed by atoms with van der Waals surface area (Å²) in [5, 5.41) is 2.42. The molecule has 0 saturated heterocycles. The third kappa shape index (κ3) is 3.39. The summed E-state index contributed by atoms with van der Waals surface area (Å²) >= 11 is 2.99. The Hall–Kier alpha value is -1.82. The Kier molecular flexibility index (Phi) is 4.44. The second-order valence-corrected chi connectivity index (χ2v) is 4.92. The molecule has 2 aromatic rings. The van der Waals surface area contributed by atoms with Gasteiger partial charge >= 0.3 is 0 Å². The summed E-state index contributed by atoms with van der Waals surface area (Å²) in [6, 6.07) is 7.67. The van der Waals surface area contributed by atoms with Gasteiger partial charge in [0.1, 0.15) is 5.82 Å². The van der Waals surface area contributed by atoms with E-state index in [0.717, 1.165) is 12.1 Å². The van der Waals surface area contributed by atoms with Crippen molar-refractivity contribution in [2.75, 3.05) is 5.32 Å². The highest BCUT2D eigenvalue weighted by Gasteiger charge is 2.12. The van der Waals surface area contributed by atoms with E-state index in [0.29, 0.717) is 0 Å². The fourth-order valence-electron chi connectivity index (χ4n) is 1.64. The van der Waals surface area contributed by atoms with Crippen molar-refractivity contribution >= 4 is 27.5 Å². The lowest BCUT2D eigenvalue weighted by atomic mass is 10.1. The average molecular weight is 344 g/mol. The minimum Gasteiger partial charge on any atom is -0.326 e. The predicted molar refractivity (Wildman–Crippen MR) is 72.8 cm³/mol. The molecule has 0 saturated carbocycles. The smallest absolute Gasteiger partial charge is 0.228 e. The van der Waals surface area contributed by atoms with Crippen molar-refractivity contribution in [2.45, 2.75) is 6.42 Å². The van der Waals surface area contributed by atoms with Crippen molar-refractivity contribution in [1.29, 1.82) is 0 Å². The maximum atomic E-state index is 13.4. The minimum absolute atomic E-state index is 0.0555. The fraction of sp³-hybridized carbons (Fsp3) is 0.0714. The number of benzene rings is 2. The highest BCUT2D eigenvalue weighted by Crippen LogP contribution is 2.20. The van der Waals surface area contributed by atoms with E-state index in [4.69, 9.17) is 0 Å². The molecule has 0 spiro atoms. The van der Waals surface area contributed by atoms with E-state index in [1.807, 2.05) is 0 Å². The number of amides is 1. The molecule has 0 aromatic heterocycles. The van der Waals surface area contributed by atoms with Crippen molar-refractivity contribution in [3.8, 4) is 0 Å². The standard InChI is InChI=1S/C14H9BrF3NO/c15-10-5-4-9(7-12(10)17)19-13(20)6-8-2-1-3-11(16)14(8)18/h1-5,7H,6H2,(H,19,20). The Labute approximate surface area is 121 Å². The molecule has 0 aliphatic carbocycles. The Morgan fingerprint density at radius 2 is 1.85 bits per heavy atom. The van der Waals surface area contributed by atoms with Crippen molar-refractivity contribution < 1.29 is 18.0 Å². The summed E-state index contributed by atoms with van der Waals surface area (Å²) < 4.78 is 39.9. The van der Waals surface area contributed by atoms with Gasteiger partial charge in [0.15, 0.2) is 11.6 Å². The number of rotatable bonds is 3. The molecule has 2 nitrogen and oxygen atoms in total. The molecular weight excluding hydrogens is 335 g/mol. The van der Waals surface area contributed by atoms with Crippen LogP contribution in [0.15, 0.2) is 40.9 Å². The summed E-state index contributed by atoms with van der Waals surface area (Å²) in [6.07, 6.45) is -0.332. The minimum atomic E-state index is -1.05. The molecule has 1 amide bonds. The van der Waals surface area contributed by atoms with Crippen LogP contribution in [-0.2, 0) is 11.2 Å². The van der Waals surface area contributed by atoms with Crippen LogP contribution in [0.1, 0.15) is 5.56 Å². The van der Waals surface area contributed by atoms with E-state index in [1.165, 1.54) is 24.3 Å². The third-order valence-electron chi connectivity index (χ3n) is 2.59. The summed E-state index contributed by atoms with van der Waals surface area (Å²) in [6.45, 7) is 0. The lowest BCUT2D eigenvalue weighted by Crippen LogP contribution is -2.15. The number of hydrogen-bond donors (Lipinski definition) is 1. The molecule has 0 heterocycles. The maximum Gasteiger partial charge on any atom is 0.228 e. The van der Waals surface area contributed by atoms with Gasteiger partial charge in [0, 0.05) is 11.3 Å². The topological polar surface area (TPSA) is 29.1 Å². The largest absolute Gasteiger partial charge is 0.326 e. The molecular formula is C14H9BrF3NO. The first-order valence-corrected chi connectivity index (χ1v) is 6.44. The molecule has 0 fully saturated rings. The van der Waals surface area contributed by atoms with E-state index in [2.05, 4.69) is 21.2 Å². The van der Waals surface area contributed by atoms with Gasteiger partial charge in [-0.3, -0.25) is 4.79 Å². The van der Waals surface area contributed by atoms with E-state index >= 15 is 0 Å². The van der Waals surface area contributed by atoms with Gasteiger partial charge in [0.05, 0.1) is 10.9 Å². The zero-order valence-corrected chi connectivity index (χ0v) is 11.7. The number of hydrogen-bond acceptors (Lipinski definition) is 1. The first-order valence-electron chi connectivity index (χ1n) is 5.65. The van der Waals surface area contributed by atoms with Crippen LogP contribution in [0.25, 0.3) is 0 Å². The number of carbonyl (C=O) groups is 1. The van der Waals surface area contributed by atoms with E-state index in [9.17, 15) is 18.0 Å². The van der Waals surface area contributed by atoms with Crippen LogP contribution in [0.2, 0.25) is 0 Å². The Morgan fingerprint density at radius 3 is 2.55 bits per heavy atom. The van der Waals surface area contributed by atoms with Crippen LogP contribution < -0.4 is 5.32 Å². The van der Waals surface area contributed by atoms with Crippen LogP contribution in [-0.4, -0.2) is 5.91 Å². The molecule has 2 rings (SSSR count). The van der Waals surface area contributed by atoms with Crippen molar-refractivity contribution in [3.05, 3.63) is 63.9 Å². The average Bonchev–Trinajstić information content (AvgIpc) is 2.39. The Morgan fingerprint density at radius 1 is 1.10 bits per heavy atom. The van der Waals surface area contributed by atoms with Crippen molar-refractivity contribution in [3.63, 3.8) is 0 Å². The second-order valence-electron chi connectivity index (χ2n) is 4.07. The SMILES string of the molecule is O=C(Cc1cccc(F)c1F)Nc1ccc(Br)c(F)c1. The van der Waals surface area contributed by atoms with Gasteiger partial charge in [-0.05, 0) is 40.2 Å². The van der Waals surface area contributed by atoms with Crippen LogP contribution in [0, 0.1) is 17.5 Å². The summed E-state index contributed by atoms with van der Waals surface area (Å²) in [5.41, 5.74) is 0.188. The molecule has 20 heavy (non-hydrogen) atoms. The quantitative estimate of drug-likeness (QED) is 0.894. The van der Waals surface area contributed by atoms with Crippen LogP contribution in [0.5, 0.6) is 0 Å². The van der Waals surface area contributed by atoms with Gasteiger partial charge in [-0.15, -0.1) is 0 Å². The molecule has 0 atom stereocenters. The predicted octanol–water partition coefficient (Wildman–Crippen LogP) is 4.05. The van der Waals surface area contributed by atoms with E-state index in [1.54, 1.807) is 0 Å². The third-order valence-corrected chi connectivity index (χ3v) is 3.23. The number of nitrogens with one attached hydrogen (secondary N) is 1. The molecule has 0 aliphatic heterocycles. The monoisotopic (exact) mass is 343 g/mol. The van der Waals surface area contributed by atoms with Gasteiger partial charge in [-0.2, -0.15) is 0 Å². The molecule has 0 unspecified atom stereocenters. The number of anilines is 1. The zero-order valence-electron chi connectivity index (χ0n) is 10.1. The number of carbonyl (C=O) groups excluding carboxylic acids is 1. The molecule has 6 heteroatoms. The van der Waals surface area contributed by atoms with Gasteiger partial charge < -0.3 is 5.32 Å². The van der Waals surface area contributed by atoms with E-state index < -0.39 is 23.4 Å². The van der Waals surface area contributed by atoms with Gasteiger partial charge in [-0.1, -0.05) is 12.1 Å². The molecule has 2 aromatic carbocycles. The van der Waals surface area contributed by atoms with Crippen molar-refractivity contribution in [2.24, 2.45) is 0 Å². The van der Waals surface area contributed by atoms with E-state index in [-0.39, 0.29) is 22.1 Å². The van der Waals surface area contributed by atoms with Crippen molar-refractivity contribution in [1.82, 2.24) is 0 Å². The number of halogens is 4. The lowest BCUT2D eigenvalue weighted by molar-refractivity contribution is -0.115. The van der Waals surface area contributed by atoms with Gasteiger partial charge in [-0.25, -0.2) is 13.2 Å².